The topological polar surface area (TPSA) is 77.9 Å². The Morgan fingerprint density at radius 3 is 2.69 bits per heavy atom. The molecule has 0 radical (unpaired) electrons. The van der Waals surface area contributed by atoms with E-state index in [0.29, 0.717) is 36.3 Å². The number of rotatable bonds is 3. The number of hydrogen-bond donors (Lipinski definition) is 1. The molecule has 0 aromatic heterocycles. The van der Waals surface area contributed by atoms with E-state index in [1.54, 1.807) is 22.7 Å². The zero-order valence-electron chi connectivity index (χ0n) is 14.1. The second kappa shape index (κ2) is 6.64. The van der Waals surface area contributed by atoms with Gasteiger partial charge in [0.2, 0.25) is 5.91 Å². The largest absolute Gasteiger partial charge is 0.477 e. The predicted octanol–water partition coefficient (Wildman–Crippen LogP) is 2.38. The van der Waals surface area contributed by atoms with Crippen LogP contribution in [0.5, 0.6) is 0 Å². The van der Waals surface area contributed by atoms with E-state index in [2.05, 4.69) is 0 Å². The van der Waals surface area contributed by atoms with Crippen LogP contribution in [0.1, 0.15) is 19.3 Å². The summed E-state index contributed by atoms with van der Waals surface area (Å²) in [5.41, 5.74) is 2.01. The molecule has 1 aromatic carbocycles. The first-order valence-corrected chi connectivity index (χ1v) is 9.58. The Bertz CT molecular complexity index is 846. The summed E-state index contributed by atoms with van der Waals surface area (Å²) in [5.74, 6) is -0.880. The second-order valence-electron chi connectivity index (χ2n) is 6.48. The molecule has 2 saturated heterocycles. The van der Waals surface area contributed by atoms with Crippen LogP contribution in [0.3, 0.4) is 0 Å². The molecule has 26 heavy (non-hydrogen) atoms. The smallest absolute Gasteiger partial charge is 0.352 e. The van der Waals surface area contributed by atoms with E-state index in [9.17, 15) is 19.5 Å². The zero-order valence-corrected chi connectivity index (χ0v) is 14.9. The quantitative estimate of drug-likeness (QED) is 0.653. The number of amides is 2. The van der Waals surface area contributed by atoms with Crippen LogP contribution in [-0.4, -0.2) is 45.5 Å². The van der Waals surface area contributed by atoms with E-state index in [0.717, 1.165) is 12.1 Å². The first-order valence-electron chi connectivity index (χ1n) is 8.54. The normalized spacial score (nSPS) is 24.6. The van der Waals surface area contributed by atoms with E-state index in [4.69, 9.17) is 0 Å². The summed E-state index contributed by atoms with van der Waals surface area (Å²) < 4.78 is 0. The third-order valence-corrected chi connectivity index (χ3v) is 6.09. The maximum Gasteiger partial charge on any atom is 0.352 e. The maximum atomic E-state index is 12.9. The number of nitrogens with zero attached hydrogens (tertiary/aromatic N) is 2. The van der Waals surface area contributed by atoms with Crippen molar-refractivity contribution in [2.75, 3.05) is 17.2 Å². The van der Waals surface area contributed by atoms with Gasteiger partial charge in [0.25, 0.3) is 5.91 Å². The highest BCUT2D eigenvalue weighted by molar-refractivity contribution is 8.00. The number of allylic oxidation sites excluding steroid dienone is 1. The Morgan fingerprint density at radius 2 is 2.00 bits per heavy atom. The highest BCUT2D eigenvalue weighted by Gasteiger charge is 2.45. The fraction of sp³-hybridized carbons (Fsp3) is 0.316. The zero-order chi connectivity index (χ0) is 18.3. The van der Waals surface area contributed by atoms with Gasteiger partial charge in [-0.25, -0.2) is 4.79 Å². The highest BCUT2D eigenvalue weighted by atomic mass is 32.2. The molecule has 0 saturated carbocycles. The van der Waals surface area contributed by atoms with Crippen molar-refractivity contribution in [1.29, 1.82) is 0 Å². The first-order chi connectivity index (χ1) is 12.6. The third kappa shape index (κ3) is 2.82. The SMILES string of the molecule is O=C(O)C1=C(C=C2CCCN(c3ccccc3)C2=O)CSC2CC(=O)N12. The molecule has 6 nitrogen and oxygen atoms in total. The molecule has 1 aromatic rings. The van der Waals surface area contributed by atoms with E-state index in [-0.39, 0.29) is 22.9 Å². The standard InChI is InChI=1S/C19H18N2O4S/c22-15-10-16-21(15)17(19(24)25)13(11-26-16)9-12-5-4-8-20(18(12)23)14-6-2-1-3-7-14/h1-3,6-7,9,16H,4-5,8,10-11H2,(H,24,25). The van der Waals surface area contributed by atoms with Crippen molar-refractivity contribution in [3.05, 3.63) is 53.3 Å². The molecule has 2 fully saturated rings. The summed E-state index contributed by atoms with van der Waals surface area (Å²) >= 11 is 1.55. The van der Waals surface area contributed by atoms with Crippen LogP contribution in [0.4, 0.5) is 5.69 Å². The molecule has 3 heterocycles. The van der Waals surface area contributed by atoms with Gasteiger partial charge in [-0.05, 0) is 36.6 Å². The van der Waals surface area contributed by atoms with Gasteiger partial charge >= 0.3 is 5.97 Å². The highest BCUT2D eigenvalue weighted by Crippen LogP contribution is 2.40. The molecule has 1 atom stereocenters. The Kier molecular flexibility index (Phi) is 4.32. The van der Waals surface area contributed by atoms with Gasteiger partial charge in [-0.1, -0.05) is 18.2 Å². The van der Waals surface area contributed by atoms with E-state index in [1.165, 1.54) is 4.90 Å². The Hall–Kier alpha value is -2.54. The number of benzene rings is 1. The Balaban J connectivity index is 1.68. The van der Waals surface area contributed by atoms with Crippen molar-refractivity contribution in [1.82, 2.24) is 4.90 Å². The number of carbonyl (C=O) groups excluding carboxylic acids is 2. The van der Waals surface area contributed by atoms with E-state index in [1.807, 2.05) is 30.3 Å². The van der Waals surface area contributed by atoms with Gasteiger partial charge in [-0.2, -0.15) is 0 Å². The van der Waals surface area contributed by atoms with Gasteiger partial charge in [-0.15, -0.1) is 11.8 Å². The summed E-state index contributed by atoms with van der Waals surface area (Å²) in [6.07, 6.45) is 3.50. The first kappa shape index (κ1) is 16.9. The van der Waals surface area contributed by atoms with Crippen LogP contribution in [0.2, 0.25) is 0 Å². The number of aliphatic carboxylic acids is 1. The molecule has 2 amide bonds. The van der Waals surface area contributed by atoms with Gasteiger partial charge in [-0.3, -0.25) is 14.5 Å². The van der Waals surface area contributed by atoms with Crippen molar-refractivity contribution in [3.63, 3.8) is 0 Å². The lowest BCUT2D eigenvalue weighted by atomic mass is 9.98. The van der Waals surface area contributed by atoms with Crippen molar-refractivity contribution >= 4 is 35.2 Å². The maximum absolute atomic E-state index is 12.9. The summed E-state index contributed by atoms with van der Waals surface area (Å²) in [6, 6.07) is 9.46. The minimum absolute atomic E-state index is 0.0298. The van der Waals surface area contributed by atoms with Gasteiger partial charge < -0.3 is 10.0 Å². The average molecular weight is 370 g/mol. The monoisotopic (exact) mass is 370 g/mol. The number of piperidine rings is 1. The lowest BCUT2D eigenvalue weighted by Gasteiger charge is -2.43. The summed E-state index contributed by atoms with van der Waals surface area (Å²) in [4.78, 5) is 39.5. The number of carbonyl (C=O) groups is 3. The number of fused-ring (bicyclic) bond motifs is 1. The summed E-state index contributed by atoms with van der Waals surface area (Å²) in [6.45, 7) is 0.645. The molecule has 0 aliphatic carbocycles. The van der Waals surface area contributed by atoms with Gasteiger partial charge in [0.1, 0.15) is 5.70 Å². The van der Waals surface area contributed by atoms with Crippen LogP contribution in [0, 0.1) is 0 Å². The van der Waals surface area contributed by atoms with E-state index >= 15 is 0 Å². The average Bonchev–Trinajstić information content (AvgIpc) is 2.63. The molecule has 4 rings (SSSR count). The lowest BCUT2D eigenvalue weighted by Crippen LogP contribution is -2.53. The van der Waals surface area contributed by atoms with E-state index < -0.39 is 5.97 Å². The van der Waals surface area contributed by atoms with Crippen LogP contribution >= 0.6 is 11.8 Å². The number of β-lactam (4-membered cyclic amide) rings is 1. The van der Waals surface area contributed by atoms with Crippen molar-refractivity contribution in [2.24, 2.45) is 0 Å². The molecule has 0 bridgehead atoms. The van der Waals surface area contributed by atoms with Gasteiger partial charge in [0, 0.05) is 23.6 Å². The molecule has 3 aliphatic rings. The van der Waals surface area contributed by atoms with Gasteiger partial charge in [0.15, 0.2) is 0 Å². The van der Waals surface area contributed by atoms with Crippen molar-refractivity contribution in [3.8, 4) is 0 Å². The Labute approximate surface area is 155 Å². The Morgan fingerprint density at radius 1 is 1.23 bits per heavy atom. The number of carboxylic acids is 1. The number of thioether (sulfide) groups is 1. The minimum atomic E-state index is -1.11. The molecular weight excluding hydrogens is 352 g/mol. The fourth-order valence-corrected chi connectivity index (χ4v) is 4.78. The molecule has 134 valence electrons. The number of anilines is 1. The van der Waals surface area contributed by atoms with Crippen molar-refractivity contribution in [2.45, 2.75) is 24.6 Å². The third-order valence-electron chi connectivity index (χ3n) is 4.85. The number of carboxylic acid groups (broad SMARTS) is 1. The molecule has 3 aliphatic heterocycles. The second-order valence-corrected chi connectivity index (χ2v) is 7.64. The molecule has 1 unspecified atom stereocenters. The van der Waals surface area contributed by atoms with Crippen LogP contribution in [0.15, 0.2) is 53.3 Å². The van der Waals surface area contributed by atoms with Crippen LogP contribution in [0.25, 0.3) is 0 Å². The molecule has 1 N–H and O–H groups in total. The fourth-order valence-electron chi connectivity index (χ4n) is 3.56. The predicted molar refractivity (Wildman–Crippen MR) is 98.5 cm³/mol. The summed E-state index contributed by atoms with van der Waals surface area (Å²) in [7, 11) is 0. The molecule has 0 spiro atoms. The minimum Gasteiger partial charge on any atom is -0.477 e. The summed E-state index contributed by atoms with van der Waals surface area (Å²) in [5, 5.41) is 9.50. The lowest BCUT2D eigenvalue weighted by molar-refractivity contribution is -0.146. The molecule has 7 heteroatoms. The van der Waals surface area contributed by atoms with Crippen LogP contribution < -0.4 is 4.90 Å². The van der Waals surface area contributed by atoms with Crippen molar-refractivity contribution < 1.29 is 19.5 Å². The molecular formula is C19H18N2O4S. The van der Waals surface area contributed by atoms with Gasteiger partial charge in [0.05, 0.1) is 11.8 Å². The van der Waals surface area contributed by atoms with Crippen LogP contribution in [-0.2, 0) is 14.4 Å². The number of hydrogen-bond acceptors (Lipinski definition) is 4. The number of para-hydroxylation sites is 1.